The highest BCUT2D eigenvalue weighted by Crippen LogP contribution is 2.18. The fourth-order valence-electron chi connectivity index (χ4n) is 2.10. The van der Waals surface area contributed by atoms with Gasteiger partial charge in [0.2, 0.25) is 0 Å². The van der Waals surface area contributed by atoms with Crippen molar-refractivity contribution in [3.63, 3.8) is 0 Å². The Morgan fingerprint density at radius 1 is 1.47 bits per heavy atom. The highest BCUT2D eigenvalue weighted by Gasteiger charge is 2.09. The number of hydrogen-bond donors (Lipinski definition) is 1. The smallest absolute Gasteiger partial charge is 0.178 e. The molecule has 1 aromatic heterocycles. The number of nitrogens with zero attached hydrogens (tertiary/aromatic N) is 1. The molecular weight excluding hydrogens is 232 g/mol. The van der Waals surface area contributed by atoms with E-state index in [0.717, 1.165) is 29.0 Å². The Bertz CT molecular complexity index is 570. The van der Waals surface area contributed by atoms with Crippen LogP contribution >= 0.6 is 12.2 Å². The summed E-state index contributed by atoms with van der Waals surface area (Å²) in [6, 6.07) is 6.24. The van der Waals surface area contributed by atoms with Crippen LogP contribution in [-0.2, 0) is 11.3 Å². The predicted octanol–water partition coefficient (Wildman–Crippen LogP) is 3.43. The second-order valence-corrected chi connectivity index (χ2v) is 4.66. The molecule has 1 aromatic carbocycles. The molecule has 0 spiro atoms. The van der Waals surface area contributed by atoms with E-state index in [1.807, 2.05) is 6.92 Å². The molecule has 0 fully saturated rings. The number of aryl methyl sites for hydroxylation is 1. The first-order chi connectivity index (χ1) is 8.13. The van der Waals surface area contributed by atoms with Gasteiger partial charge < -0.3 is 14.3 Å². The number of imidazole rings is 1. The van der Waals surface area contributed by atoms with Crippen LogP contribution in [-0.4, -0.2) is 22.3 Å². The highest BCUT2D eigenvalue weighted by molar-refractivity contribution is 7.71. The van der Waals surface area contributed by atoms with Gasteiger partial charge in [-0.1, -0.05) is 12.1 Å². The minimum Gasteiger partial charge on any atom is -0.377 e. The Hall–Kier alpha value is -1.13. The summed E-state index contributed by atoms with van der Waals surface area (Å²) < 4.78 is 8.44. The number of H-pyrrole nitrogens is 1. The number of para-hydroxylation sites is 1. The number of hydrogen-bond acceptors (Lipinski definition) is 2. The zero-order valence-corrected chi connectivity index (χ0v) is 11.3. The maximum absolute atomic E-state index is 5.57. The molecule has 17 heavy (non-hydrogen) atoms. The third-order valence-corrected chi connectivity index (χ3v) is 3.23. The van der Waals surface area contributed by atoms with Crippen LogP contribution in [0.5, 0.6) is 0 Å². The molecule has 0 saturated carbocycles. The van der Waals surface area contributed by atoms with E-state index < -0.39 is 0 Å². The lowest BCUT2D eigenvalue weighted by molar-refractivity contribution is 0.0645. The maximum Gasteiger partial charge on any atom is 0.178 e. The Morgan fingerprint density at radius 3 is 2.94 bits per heavy atom. The SMILES string of the molecule is CCOC(C)Cn1c(=S)[nH]c2c(C)cccc21. The van der Waals surface area contributed by atoms with Gasteiger partial charge in [0.05, 0.1) is 23.7 Å². The van der Waals surface area contributed by atoms with Crippen molar-refractivity contribution in [2.24, 2.45) is 0 Å². The average Bonchev–Trinajstić information content (AvgIpc) is 2.58. The van der Waals surface area contributed by atoms with Crippen LogP contribution in [0.1, 0.15) is 19.4 Å². The normalized spacial score (nSPS) is 13.1. The molecule has 0 bridgehead atoms. The number of fused-ring (bicyclic) bond motifs is 1. The quantitative estimate of drug-likeness (QED) is 0.842. The molecule has 0 radical (unpaired) electrons. The molecule has 92 valence electrons. The highest BCUT2D eigenvalue weighted by atomic mass is 32.1. The first-order valence-electron chi connectivity index (χ1n) is 5.93. The lowest BCUT2D eigenvalue weighted by Gasteiger charge is -2.13. The Kier molecular flexibility index (Phi) is 3.64. The molecule has 2 rings (SSSR count). The fourth-order valence-corrected chi connectivity index (χ4v) is 2.37. The lowest BCUT2D eigenvalue weighted by Crippen LogP contribution is -2.16. The van der Waals surface area contributed by atoms with Crippen LogP contribution in [0.4, 0.5) is 0 Å². The number of rotatable bonds is 4. The van der Waals surface area contributed by atoms with Crippen LogP contribution in [0.3, 0.4) is 0 Å². The van der Waals surface area contributed by atoms with Crippen LogP contribution in [0.2, 0.25) is 0 Å². The second-order valence-electron chi connectivity index (χ2n) is 4.28. The molecule has 4 heteroatoms. The Morgan fingerprint density at radius 2 is 2.24 bits per heavy atom. The molecule has 1 unspecified atom stereocenters. The van der Waals surface area contributed by atoms with Gasteiger partial charge in [-0.25, -0.2) is 0 Å². The summed E-state index contributed by atoms with van der Waals surface area (Å²) in [5, 5.41) is 0. The summed E-state index contributed by atoms with van der Waals surface area (Å²) in [5.74, 6) is 0. The first kappa shape index (κ1) is 12.3. The van der Waals surface area contributed by atoms with E-state index in [9.17, 15) is 0 Å². The van der Waals surface area contributed by atoms with Gasteiger partial charge in [0.1, 0.15) is 0 Å². The Labute approximate surface area is 106 Å². The number of aromatic amines is 1. The molecule has 0 saturated heterocycles. The molecule has 3 nitrogen and oxygen atoms in total. The van der Waals surface area contributed by atoms with Gasteiger partial charge in [-0.2, -0.15) is 0 Å². The minimum absolute atomic E-state index is 0.172. The third kappa shape index (κ3) is 2.42. The van der Waals surface area contributed by atoms with E-state index in [0.29, 0.717) is 0 Å². The van der Waals surface area contributed by atoms with E-state index >= 15 is 0 Å². The maximum atomic E-state index is 5.57. The molecular formula is C13H18N2OS. The second kappa shape index (κ2) is 5.02. The van der Waals surface area contributed by atoms with Crippen molar-refractivity contribution in [1.82, 2.24) is 9.55 Å². The molecule has 0 aliphatic heterocycles. The van der Waals surface area contributed by atoms with Crippen LogP contribution < -0.4 is 0 Å². The van der Waals surface area contributed by atoms with E-state index in [1.165, 1.54) is 5.56 Å². The van der Waals surface area contributed by atoms with Gasteiger partial charge in [0.15, 0.2) is 4.77 Å². The van der Waals surface area contributed by atoms with Gasteiger partial charge in [-0.05, 0) is 44.6 Å². The number of nitrogens with one attached hydrogen (secondary N) is 1. The van der Waals surface area contributed by atoms with Crippen LogP contribution in [0.25, 0.3) is 11.0 Å². The van der Waals surface area contributed by atoms with E-state index in [-0.39, 0.29) is 6.10 Å². The summed E-state index contributed by atoms with van der Waals surface area (Å²) >= 11 is 5.37. The molecule has 2 aromatic rings. The van der Waals surface area contributed by atoms with Crippen LogP contribution in [0, 0.1) is 11.7 Å². The van der Waals surface area contributed by atoms with Crippen LogP contribution in [0.15, 0.2) is 18.2 Å². The van der Waals surface area contributed by atoms with E-state index in [2.05, 4.69) is 41.6 Å². The molecule has 0 aliphatic rings. The van der Waals surface area contributed by atoms with Crippen molar-refractivity contribution in [1.29, 1.82) is 0 Å². The molecule has 0 aliphatic carbocycles. The van der Waals surface area contributed by atoms with Crippen molar-refractivity contribution in [2.75, 3.05) is 6.61 Å². The summed E-state index contributed by atoms with van der Waals surface area (Å²) in [4.78, 5) is 3.27. The van der Waals surface area contributed by atoms with Crippen molar-refractivity contribution < 1.29 is 4.74 Å². The monoisotopic (exact) mass is 250 g/mol. The van der Waals surface area contributed by atoms with Crippen molar-refractivity contribution >= 4 is 23.3 Å². The van der Waals surface area contributed by atoms with E-state index in [4.69, 9.17) is 17.0 Å². The molecule has 1 heterocycles. The number of benzene rings is 1. The lowest BCUT2D eigenvalue weighted by atomic mass is 10.2. The zero-order valence-electron chi connectivity index (χ0n) is 10.5. The topological polar surface area (TPSA) is 29.9 Å². The molecule has 0 amide bonds. The first-order valence-corrected chi connectivity index (χ1v) is 6.34. The molecule has 1 N–H and O–H groups in total. The molecule has 1 atom stereocenters. The summed E-state index contributed by atoms with van der Waals surface area (Å²) in [7, 11) is 0. The number of aromatic nitrogens is 2. The third-order valence-electron chi connectivity index (χ3n) is 2.91. The van der Waals surface area contributed by atoms with Gasteiger partial charge in [0, 0.05) is 6.61 Å². The Balaban J connectivity index is 2.43. The van der Waals surface area contributed by atoms with Gasteiger partial charge in [0.25, 0.3) is 0 Å². The fraction of sp³-hybridized carbons (Fsp3) is 0.462. The largest absolute Gasteiger partial charge is 0.377 e. The van der Waals surface area contributed by atoms with Crippen molar-refractivity contribution in [3.05, 3.63) is 28.5 Å². The standard InChI is InChI=1S/C13H18N2OS/c1-4-16-10(3)8-15-11-7-5-6-9(2)12(11)14-13(15)17/h5-7,10H,4,8H2,1-3H3,(H,14,17). The van der Waals surface area contributed by atoms with Gasteiger partial charge in [-0.3, -0.25) is 0 Å². The predicted molar refractivity (Wildman–Crippen MR) is 72.9 cm³/mol. The summed E-state index contributed by atoms with van der Waals surface area (Å²) in [6.45, 7) is 7.69. The van der Waals surface area contributed by atoms with Crippen molar-refractivity contribution in [2.45, 2.75) is 33.4 Å². The van der Waals surface area contributed by atoms with Gasteiger partial charge in [-0.15, -0.1) is 0 Å². The van der Waals surface area contributed by atoms with Crippen molar-refractivity contribution in [3.8, 4) is 0 Å². The van der Waals surface area contributed by atoms with Gasteiger partial charge >= 0.3 is 0 Å². The summed E-state index contributed by atoms with van der Waals surface area (Å²) in [6.07, 6.45) is 0.172. The van der Waals surface area contributed by atoms with E-state index in [1.54, 1.807) is 0 Å². The zero-order chi connectivity index (χ0) is 12.4. The minimum atomic E-state index is 0.172. The average molecular weight is 250 g/mol. The summed E-state index contributed by atoms with van der Waals surface area (Å²) in [5.41, 5.74) is 3.50. The number of ether oxygens (including phenoxy) is 1.